The van der Waals surface area contributed by atoms with E-state index in [9.17, 15) is 4.79 Å². The molecule has 0 aliphatic heterocycles. The molecular weight excluding hydrogens is 272 g/mol. The molecule has 1 aromatic rings. The number of azide groups is 1. The van der Waals surface area contributed by atoms with Crippen LogP contribution in [0, 0.1) is 0 Å². The fourth-order valence-electron chi connectivity index (χ4n) is 1.82. The molecule has 1 rings (SSSR count). The number of rotatable bonds is 6. The maximum Gasteiger partial charge on any atom is 0.407 e. The average Bonchev–Trinajstić information content (AvgIpc) is 2.37. The molecule has 114 valence electrons. The van der Waals surface area contributed by atoms with Gasteiger partial charge in [-0.15, -0.1) is 0 Å². The number of hydrogen-bond donors (Lipinski definition) is 1. The van der Waals surface area contributed by atoms with Crippen molar-refractivity contribution in [1.82, 2.24) is 4.90 Å². The lowest BCUT2D eigenvalue weighted by Crippen LogP contribution is -2.45. The maximum absolute atomic E-state index is 11.2. The van der Waals surface area contributed by atoms with E-state index in [0.717, 1.165) is 0 Å². The standard InChI is InChI=1S/C14H20N4O3/c1-14(2,3)18(13(19)20)8-5-9-21-12-7-4-6-11(10-12)16-17-15/h4,6-7,10H,5,8-9H2,1-3H3,(H,19,20). The van der Waals surface area contributed by atoms with Crippen LogP contribution in [0.3, 0.4) is 0 Å². The van der Waals surface area contributed by atoms with Gasteiger partial charge in [0.1, 0.15) is 5.75 Å². The smallest absolute Gasteiger partial charge is 0.407 e. The minimum Gasteiger partial charge on any atom is -0.494 e. The molecule has 0 spiro atoms. The second-order valence-corrected chi connectivity index (χ2v) is 5.49. The normalized spacial score (nSPS) is 10.6. The van der Waals surface area contributed by atoms with Crippen LogP contribution in [0.1, 0.15) is 27.2 Å². The zero-order chi connectivity index (χ0) is 15.9. The number of benzene rings is 1. The number of hydrogen-bond acceptors (Lipinski definition) is 3. The summed E-state index contributed by atoms with van der Waals surface area (Å²) < 4.78 is 5.53. The van der Waals surface area contributed by atoms with Crippen LogP contribution in [0.5, 0.6) is 5.75 Å². The summed E-state index contributed by atoms with van der Waals surface area (Å²) in [5.41, 5.74) is 8.42. The highest BCUT2D eigenvalue weighted by molar-refractivity contribution is 5.65. The Morgan fingerprint density at radius 2 is 2.19 bits per heavy atom. The van der Waals surface area contributed by atoms with Crippen LogP contribution < -0.4 is 4.74 Å². The minimum atomic E-state index is -0.937. The van der Waals surface area contributed by atoms with E-state index < -0.39 is 11.6 Å². The zero-order valence-corrected chi connectivity index (χ0v) is 12.5. The predicted octanol–water partition coefficient (Wildman–Crippen LogP) is 4.18. The molecule has 0 radical (unpaired) electrons. The van der Waals surface area contributed by atoms with Gasteiger partial charge >= 0.3 is 6.09 Å². The molecule has 0 bridgehead atoms. The predicted molar refractivity (Wildman–Crippen MR) is 79.8 cm³/mol. The van der Waals surface area contributed by atoms with Crippen molar-refractivity contribution in [2.24, 2.45) is 5.11 Å². The van der Waals surface area contributed by atoms with Gasteiger partial charge in [0.2, 0.25) is 0 Å². The first-order valence-electron chi connectivity index (χ1n) is 6.63. The Balaban J connectivity index is 2.48. The van der Waals surface area contributed by atoms with Gasteiger partial charge in [-0.1, -0.05) is 17.2 Å². The van der Waals surface area contributed by atoms with Crippen molar-refractivity contribution in [3.05, 3.63) is 34.7 Å². The van der Waals surface area contributed by atoms with E-state index in [1.165, 1.54) is 4.90 Å². The van der Waals surface area contributed by atoms with Crippen molar-refractivity contribution in [3.8, 4) is 5.75 Å². The largest absolute Gasteiger partial charge is 0.494 e. The van der Waals surface area contributed by atoms with Gasteiger partial charge in [-0.25, -0.2) is 4.79 Å². The van der Waals surface area contributed by atoms with Gasteiger partial charge in [-0.05, 0) is 44.9 Å². The van der Waals surface area contributed by atoms with Crippen molar-refractivity contribution in [2.75, 3.05) is 13.2 Å². The van der Waals surface area contributed by atoms with E-state index in [1.807, 2.05) is 20.8 Å². The summed E-state index contributed by atoms with van der Waals surface area (Å²) in [4.78, 5) is 15.3. The van der Waals surface area contributed by atoms with E-state index in [1.54, 1.807) is 24.3 Å². The van der Waals surface area contributed by atoms with Crippen LogP contribution >= 0.6 is 0 Å². The number of amides is 1. The molecule has 0 heterocycles. The van der Waals surface area contributed by atoms with Crippen LogP contribution in [0.2, 0.25) is 0 Å². The molecule has 0 atom stereocenters. The van der Waals surface area contributed by atoms with Crippen LogP contribution in [-0.4, -0.2) is 34.8 Å². The summed E-state index contributed by atoms with van der Waals surface area (Å²) >= 11 is 0. The minimum absolute atomic E-state index is 0.388. The first-order valence-corrected chi connectivity index (χ1v) is 6.63. The number of carbonyl (C=O) groups is 1. The quantitative estimate of drug-likeness (QED) is 0.368. The van der Waals surface area contributed by atoms with Crippen molar-refractivity contribution >= 4 is 11.8 Å². The van der Waals surface area contributed by atoms with Crippen LogP contribution in [0.15, 0.2) is 29.4 Å². The van der Waals surface area contributed by atoms with Crippen molar-refractivity contribution < 1.29 is 14.6 Å². The lowest BCUT2D eigenvalue weighted by molar-refractivity contribution is 0.0962. The second kappa shape index (κ2) is 7.40. The molecule has 0 unspecified atom stereocenters. The SMILES string of the molecule is CC(C)(C)N(CCCOc1cccc(N=[N+]=[N-])c1)C(=O)O. The summed E-state index contributed by atoms with van der Waals surface area (Å²) in [7, 11) is 0. The first-order chi connectivity index (χ1) is 9.84. The van der Waals surface area contributed by atoms with Gasteiger partial charge < -0.3 is 14.7 Å². The molecule has 0 saturated carbocycles. The lowest BCUT2D eigenvalue weighted by atomic mass is 10.1. The van der Waals surface area contributed by atoms with E-state index >= 15 is 0 Å². The molecule has 7 nitrogen and oxygen atoms in total. The number of nitrogens with zero attached hydrogens (tertiary/aromatic N) is 4. The molecule has 1 aromatic carbocycles. The number of carboxylic acid groups (broad SMARTS) is 1. The Hall–Kier alpha value is -2.40. The summed E-state index contributed by atoms with van der Waals surface area (Å²) in [5, 5.41) is 12.7. The molecule has 1 amide bonds. The topological polar surface area (TPSA) is 98.5 Å². The maximum atomic E-state index is 11.2. The Bertz CT molecular complexity index is 533. The lowest BCUT2D eigenvalue weighted by Gasteiger charge is -2.33. The highest BCUT2D eigenvalue weighted by Gasteiger charge is 2.25. The summed E-state index contributed by atoms with van der Waals surface area (Å²) in [6, 6.07) is 6.81. The molecule has 0 saturated heterocycles. The fourth-order valence-corrected chi connectivity index (χ4v) is 1.82. The van der Waals surface area contributed by atoms with Crippen molar-refractivity contribution in [2.45, 2.75) is 32.7 Å². The van der Waals surface area contributed by atoms with Gasteiger partial charge in [0, 0.05) is 22.7 Å². The zero-order valence-electron chi connectivity index (χ0n) is 12.5. The van der Waals surface area contributed by atoms with E-state index in [4.69, 9.17) is 15.4 Å². The van der Waals surface area contributed by atoms with Crippen LogP contribution in [0.25, 0.3) is 10.4 Å². The third-order valence-corrected chi connectivity index (χ3v) is 2.81. The van der Waals surface area contributed by atoms with Gasteiger partial charge in [0.05, 0.1) is 6.61 Å². The molecule has 21 heavy (non-hydrogen) atoms. The third-order valence-electron chi connectivity index (χ3n) is 2.81. The second-order valence-electron chi connectivity index (χ2n) is 5.49. The summed E-state index contributed by atoms with van der Waals surface area (Å²) in [6.07, 6.45) is -0.358. The van der Waals surface area contributed by atoms with Gasteiger partial charge in [-0.2, -0.15) is 0 Å². The Morgan fingerprint density at radius 1 is 1.48 bits per heavy atom. The number of ether oxygens (including phenoxy) is 1. The summed E-state index contributed by atoms with van der Waals surface area (Å²) in [6.45, 7) is 6.34. The Labute approximate surface area is 123 Å². The Kier molecular flexibility index (Phi) is 5.87. The molecule has 7 heteroatoms. The molecule has 0 aliphatic carbocycles. The Morgan fingerprint density at radius 3 is 2.76 bits per heavy atom. The first kappa shape index (κ1) is 16.7. The van der Waals surface area contributed by atoms with Gasteiger partial charge in [-0.3, -0.25) is 0 Å². The molecule has 1 N–H and O–H groups in total. The van der Waals surface area contributed by atoms with E-state index in [2.05, 4.69) is 10.0 Å². The molecule has 0 fully saturated rings. The molecule has 0 aliphatic rings. The van der Waals surface area contributed by atoms with E-state index in [0.29, 0.717) is 31.0 Å². The van der Waals surface area contributed by atoms with Crippen LogP contribution in [-0.2, 0) is 0 Å². The summed E-state index contributed by atoms with van der Waals surface area (Å²) in [5.74, 6) is 0.595. The highest BCUT2D eigenvalue weighted by atomic mass is 16.5. The molecule has 0 aromatic heterocycles. The van der Waals surface area contributed by atoms with Crippen molar-refractivity contribution in [3.63, 3.8) is 0 Å². The highest BCUT2D eigenvalue weighted by Crippen LogP contribution is 2.20. The van der Waals surface area contributed by atoms with Gasteiger partial charge in [0.15, 0.2) is 0 Å². The third kappa shape index (κ3) is 5.62. The fraction of sp³-hybridized carbons (Fsp3) is 0.500. The average molecular weight is 292 g/mol. The monoisotopic (exact) mass is 292 g/mol. The van der Waals surface area contributed by atoms with Gasteiger partial charge in [0.25, 0.3) is 0 Å². The van der Waals surface area contributed by atoms with Crippen molar-refractivity contribution in [1.29, 1.82) is 0 Å². The van der Waals surface area contributed by atoms with E-state index in [-0.39, 0.29) is 0 Å². The van der Waals surface area contributed by atoms with Crippen LogP contribution in [0.4, 0.5) is 10.5 Å². The molecular formula is C14H20N4O3.